The van der Waals surface area contributed by atoms with E-state index in [0.29, 0.717) is 43.2 Å². The Hall–Kier alpha value is -3.17. The Morgan fingerprint density at radius 2 is 1.75 bits per heavy atom. The quantitative estimate of drug-likeness (QED) is 0.408. The van der Waals surface area contributed by atoms with Crippen molar-refractivity contribution in [2.75, 3.05) is 31.1 Å². The molecule has 0 saturated carbocycles. The number of anilines is 1. The number of aromatic nitrogens is 2. The van der Waals surface area contributed by atoms with Gasteiger partial charge in [-0.2, -0.15) is 5.10 Å². The van der Waals surface area contributed by atoms with Crippen LogP contribution in [0.3, 0.4) is 0 Å². The van der Waals surface area contributed by atoms with Gasteiger partial charge < -0.3 is 9.80 Å². The summed E-state index contributed by atoms with van der Waals surface area (Å²) in [5.41, 5.74) is 1.67. The lowest BCUT2D eigenvalue weighted by molar-refractivity contribution is -0.384. The first-order valence-corrected chi connectivity index (χ1v) is 10.5. The van der Waals surface area contributed by atoms with Gasteiger partial charge in [-0.25, -0.2) is 9.07 Å². The van der Waals surface area contributed by atoms with Crippen molar-refractivity contribution >= 4 is 40.5 Å². The third-order valence-corrected chi connectivity index (χ3v) is 5.92. The minimum Gasteiger partial charge on any atom is -0.362 e. The number of amides is 1. The normalized spacial score (nSPS) is 14.0. The largest absolute Gasteiger partial charge is 0.362 e. The molecular weight excluding hydrogens is 460 g/mol. The SMILES string of the molecule is Cc1nn(-c2ccc(F)cc2)c(Cl)c1C(=O)N1CCN(c2ccc(Cl)cc2[N+](=O)[O-])CC1. The predicted molar refractivity (Wildman–Crippen MR) is 119 cm³/mol. The number of piperazine rings is 1. The molecule has 8 nitrogen and oxygen atoms in total. The first kappa shape index (κ1) is 22.0. The van der Waals surface area contributed by atoms with Gasteiger partial charge in [-0.15, -0.1) is 0 Å². The number of carbonyl (C=O) groups excluding carboxylic acids is 1. The molecule has 0 bridgehead atoms. The molecule has 1 aliphatic rings. The van der Waals surface area contributed by atoms with Crippen LogP contribution in [-0.4, -0.2) is 51.7 Å². The second-order valence-electron chi connectivity index (χ2n) is 7.31. The molecule has 1 fully saturated rings. The van der Waals surface area contributed by atoms with E-state index in [4.69, 9.17) is 23.2 Å². The number of hydrogen-bond acceptors (Lipinski definition) is 5. The van der Waals surface area contributed by atoms with E-state index in [0.717, 1.165) is 0 Å². The van der Waals surface area contributed by atoms with Crippen LogP contribution in [0.2, 0.25) is 10.2 Å². The number of aryl methyl sites for hydroxylation is 1. The van der Waals surface area contributed by atoms with Crippen LogP contribution in [0, 0.1) is 22.9 Å². The Bertz CT molecular complexity index is 1190. The lowest BCUT2D eigenvalue weighted by Crippen LogP contribution is -2.49. The zero-order chi connectivity index (χ0) is 23.0. The molecule has 0 aliphatic carbocycles. The van der Waals surface area contributed by atoms with Crippen LogP contribution in [-0.2, 0) is 0 Å². The minimum atomic E-state index is -0.467. The Morgan fingerprint density at radius 3 is 2.38 bits per heavy atom. The lowest BCUT2D eigenvalue weighted by atomic mass is 10.2. The van der Waals surface area contributed by atoms with E-state index in [1.54, 1.807) is 24.0 Å². The molecule has 1 amide bonds. The van der Waals surface area contributed by atoms with Crippen LogP contribution in [0.1, 0.15) is 16.1 Å². The highest BCUT2D eigenvalue weighted by Crippen LogP contribution is 2.32. The maximum Gasteiger partial charge on any atom is 0.294 e. The van der Waals surface area contributed by atoms with Crippen molar-refractivity contribution in [1.82, 2.24) is 14.7 Å². The van der Waals surface area contributed by atoms with Gasteiger partial charge in [0.2, 0.25) is 0 Å². The van der Waals surface area contributed by atoms with E-state index >= 15 is 0 Å². The first-order chi connectivity index (χ1) is 15.3. The van der Waals surface area contributed by atoms with Crippen LogP contribution >= 0.6 is 23.2 Å². The average molecular weight is 478 g/mol. The van der Waals surface area contributed by atoms with Gasteiger partial charge in [-0.05, 0) is 43.3 Å². The highest BCUT2D eigenvalue weighted by molar-refractivity contribution is 6.33. The van der Waals surface area contributed by atoms with Crippen molar-refractivity contribution in [2.45, 2.75) is 6.92 Å². The highest BCUT2D eigenvalue weighted by atomic mass is 35.5. The molecule has 2 aromatic carbocycles. The second-order valence-corrected chi connectivity index (χ2v) is 8.10. The molecule has 32 heavy (non-hydrogen) atoms. The second kappa shape index (κ2) is 8.76. The molecule has 1 aromatic heterocycles. The third-order valence-electron chi connectivity index (χ3n) is 5.33. The zero-order valence-corrected chi connectivity index (χ0v) is 18.5. The summed E-state index contributed by atoms with van der Waals surface area (Å²) < 4.78 is 14.6. The van der Waals surface area contributed by atoms with Crippen LogP contribution in [0.15, 0.2) is 42.5 Å². The summed E-state index contributed by atoms with van der Waals surface area (Å²) in [6.07, 6.45) is 0. The lowest BCUT2D eigenvalue weighted by Gasteiger charge is -2.35. The van der Waals surface area contributed by atoms with Crippen LogP contribution in [0.25, 0.3) is 5.69 Å². The molecule has 0 atom stereocenters. The van der Waals surface area contributed by atoms with Crippen molar-refractivity contribution < 1.29 is 14.1 Å². The first-order valence-electron chi connectivity index (χ1n) is 9.75. The van der Waals surface area contributed by atoms with E-state index in [-0.39, 0.29) is 33.2 Å². The molecule has 2 heterocycles. The Morgan fingerprint density at radius 1 is 1.09 bits per heavy atom. The van der Waals surface area contributed by atoms with Gasteiger partial charge in [0.25, 0.3) is 11.6 Å². The molecule has 0 radical (unpaired) electrons. The Balaban J connectivity index is 1.52. The molecule has 166 valence electrons. The Labute approximate surface area is 192 Å². The van der Waals surface area contributed by atoms with E-state index in [1.165, 1.54) is 35.0 Å². The molecule has 0 spiro atoms. The average Bonchev–Trinajstić information content (AvgIpc) is 3.07. The number of benzene rings is 2. The summed E-state index contributed by atoms with van der Waals surface area (Å²) in [5, 5.41) is 16.2. The van der Waals surface area contributed by atoms with Crippen LogP contribution in [0.5, 0.6) is 0 Å². The van der Waals surface area contributed by atoms with Crippen molar-refractivity contribution in [1.29, 1.82) is 0 Å². The zero-order valence-electron chi connectivity index (χ0n) is 17.0. The summed E-state index contributed by atoms with van der Waals surface area (Å²) in [6.45, 7) is 3.23. The summed E-state index contributed by atoms with van der Waals surface area (Å²) in [4.78, 5) is 27.6. The topological polar surface area (TPSA) is 84.5 Å². The number of nitrogens with zero attached hydrogens (tertiary/aromatic N) is 5. The van der Waals surface area contributed by atoms with Gasteiger partial charge >= 0.3 is 0 Å². The number of nitro benzene ring substituents is 1. The van der Waals surface area contributed by atoms with Crippen molar-refractivity contribution in [3.63, 3.8) is 0 Å². The maximum absolute atomic E-state index is 13.2. The molecule has 0 unspecified atom stereocenters. The van der Waals surface area contributed by atoms with E-state index < -0.39 is 4.92 Å². The number of halogens is 3. The van der Waals surface area contributed by atoms with Gasteiger partial charge in [0, 0.05) is 37.3 Å². The van der Waals surface area contributed by atoms with E-state index in [9.17, 15) is 19.3 Å². The fourth-order valence-corrected chi connectivity index (χ4v) is 4.23. The molecule has 1 aliphatic heterocycles. The monoisotopic (exact) mass is 477 g/mol. The van der Waals surface area contributed by atoms with E-state index in [1.807, 2.05) is 4.90 Å². The molecule has 11 heteroatoms. The number of rotatable bonds is 4. The summed E-state index contributed by atoms with van der Waals surface area (Å²) in [6, 6.07) is 10.2. The Kier molecular flexibility index (Phi) is 6.03. The standard InChI is InChI=1S/C21H18Cl2FN5O3/c1-13-19(20(23)28(25-13)16-5-3-15(24)4-6-16)21(30)27-10-8-26(9-11-27)17-7-2-14(22)12-18(17)29(31)32/h2-7,12H,8-11H2,1H3. The van der Waals surface area contributed by atoms with Crippen LogP contribution in [0.4, 0.5) is 15.8 Å². The van der Waals surface area contributed by atoms with Crippen molar-refractivity contribution in [2.24, 2.45) is 0 Å². The number of hydrogen-bond donors (Lipinski definition) is 0. The minimum absolute atomic E-state index is 0.0725. The van der Waals surface area contributed by atoms with Gasteiger partial charge in [0.1, 0.15) is 16.7 Å². The van der Waals surface area contributed by atoms with E-state index in [2.05, 4.69) is 5.10 Å². The fourth-order valence-electron chi connectivity index (χ4n) is 3.71. The van der Waals surface area contributed by atoms with Gasteiger partial charge in [0.05, 0.1) is 21.9 Å². The molecule has 3 aromatic rings. The van der Waals surface area contributed by atoms with Gasteiger partial charge in [-0.3, -0.25) is 14.9 Å². The molecule has 0 N–H and O–H groups in total. The maximum atomic E-state index is 13.2. The molecule has 1 saturated heterocycles. The number of carbonyl (C=O) groups is 1. The van der Waals surface area contributed by atoms with Gasteiger partial charge in [0.15, 0.2) is 0 Å². The van der Waals surface area contributed by atoms with Gasteiger partial charge in [-0.1, -0.05) is 23.2 Å². The van der Waals surface area contributed by atoms with Crippen LogP contribution < -0.4 is 4.90 Å². The van der Waals surface area contributed by atoms with Crippen molar-refractivity contribution in [3.8, 4) is 5.69 Å². The third kappa shape index (κ3) is 4.13. The number of nitro groups is 1. The highest BCUT2D eigenvalue weighted by Gasteiger charge is 2.30. The van der Waals surface area contributed by atoms with Crippen molar-refractivity contribution in [3.05, 3.63) is 79.8 Å². The summed E-state index contributed by atoms with van der Waals surface area (Å²) in [7, 11) is 0. The molecular formula is C21H18Cl2FN5O3. The summed E-state index contributed by atoms with van der Waals surface area (Å²) >= 11 is 12.4. The molecule has 4 rings (SSSR count). The predicted octanol–water partition coefficient (Wildman–Crippen LogP) is 4.50. The summed E-state index contributed by atoms with van der Waals surface area (Å²) in [5.74, 6) is -0.657. The smallest absolute Gasteiger partial charge is 0.294 e. The fraction of sp³-hybridized carbons (Fsp3) is 0.238.